The first-order valence-electron chi connectivity index (χ1n) is 9.57. The molecule has 0 saturated carbocycles. The number of hydrogen-bond acceptors (Lipinski definition) is 4. The molecular weight excluding hydrogens is 372 g/mol. The fourth-order valence-electron chi connectivity index (χ4n) is 3.59. The smallest absolute Gasteiger partial charge is 0.263 e. The molecule has 1 N–H and O–H groups in total. The first kappa shape index (κ1) is 18.8. The van der Waals surface area contributed by atoms with E-state index in [4.69, 9.17) is 0 Å². The largest absolute Gasteiger partial charge is 0.334 e. The maximum atomic E-state index is 13.2. The van der Waals surface area contributed by atoms with E-state index in [0.29, 0.717) is 10.2 Å². The van der Waals surface area contributed by atoms with Gasteiger partial charge in [0.25, 0.3) is 5.56 Å². The molecule has 0 aliphatic carbocycles. The van der Waals surface area contributed by atoms with Crippen molar-refractivity contribution in [2.75, 3.05) is 33.2 Å². The topological polar surface area (TPSA) is 59.6 Å². The first-order chi connectivity index (χ1) is 13.4. The van der Waals surface area contributed by atoms with Crippen molar-refractivity contribution in [3.63, 3.8) is 0 Å². The minimum Gasteiger partial charge on any atom is -0.334 e. The number of carbonyl (C=O) groups excluding carboxylic acids is 1. The lowest BCUT2D eigenvalue weighted by Crippen LogP contribution is -3.12. The molecule has 28 heavy (non-hydrogen) atoms. The molecule has 3 aromatic rings. The van der Waals surface area contributed by atoms with Crippen molar-refractivity contribution in [3.05, 3.63) is 51.4 Å². The Kier molecular flexibility index (Phi) is 5.03. The van der Waals surface area contributed by atoms with Crippen molar-refractivity contribution >= 4 is 27.5 Å². The van der Waals surface area contributed by atoms with E-state index in [2.05, 4.69) is 38.0 Å². The summed E-state index contributed by atoms with van der Waals surface area (Å²) in [4.78, 5) is 34.3. The van der Waals surface area contributed by atoms with Gasteiger partial charge in [-0.15, -0.1) is 11.3 Å². The number of aromatic nitrogens is 2. The number of piperazine rings is 1. The minimum atomic E-state index is -0.146. The van der Waals surface area contributed by atoms with E-state index < -0.39 is 0 Å². The normalized spacial score (nSPS) is 15.3. The number of amides is 1. The van der Waals surface area contributed by atoms with E-state index in [9.17, 15) is 9.59 Å². The van der Waals surface area contributed by atoms with Gasteiger partial charge >= 0.3 is 0 Å². The highest BCUT2D eigenvalue weighted by molar-refractivity contribution is 7.17. The van der Waals surface area contributed by atoms with Crippen LogP contribution in [0.25, 0.3) is 21.3 Å². The zero-order valence-electron chi connectivity index (χ0n) is 16.5. The summed E-state index contributed by atoms with van der Waals surface area (Å²) in [7, 11) is 2.13. The zero-order chi connectivity index (χ0) is 19.8. The molecule has 1 saturated heterocycles. The minimum absolute atomic E-state index is 0.0151. The summed E-state index contributed by atoms with van der Waals surface area (Å²) in [5.74, 6) is -0.0151. The van der Waals surface area contributed by atoms with Crippen LogP contribution in [0, 0.1) is 13.8 Å². The molecule has 1 aliphatic heterocycles. The summed E-state index contributed by atoms with van der Waals surface area (Å²) in [6.07, 6.45) is 1.50. The molecule has 0 atom stereocenters. The average molecular weight is 398 g/mol. The lowest BCUT2D eigenvalue weighted by atomic mass is 10.0. The molecule has 0 spiro atoms. The second-order valence-corrected chi connectivity index (χ2v) is 8.50. The third-order valence-corrected chi connectivity index (χ3v) is 6.54. The highest BCUT2D eigenvalue weighted by Crippen LogP contribution is 2.31. The molecule has 0 bridgehead atoms. The number of fused-ring (bicyclic) bond motifs is 1. The van der Waals surface area contributed by atoms with Gasteiger partial charge < -0.3 is 9.80 Å². The van der Waals surface area contributed by atoms with Gasteiger partial charge in [-0.05, 0) is 30.5 Å². The first-order valence-corrected chi connectivity index (χ1v) is 10.5. The highest BCUT2D eigenvalue weighted by Gasteiger charge is 2.22. The number of thiophene rings is 1. The van der Waals surface area contributed by atoms with Crippen molar-refractivity contribution in [1.29, 1.82) is 0 Å². The molecule has 6 nitrogen and oxygen atoms in total. The number of aryl methyl sites for hydroxylation is 2. The Morgan fingerprint density at radius 1 is 1.21 bits per heavy atom. The van der Waals surface area contributed by atoms with E-state index in [0.717, 1.165) is 37.3 Å². The summed E-state index contributed by atoms with van der Waals surface area (Å²) >= 11 is 1.47. The monoisotopic (exact) mass is 397 g/mol. The summed E-state index contributed by atoms with van der Waals surface area (Å²) in [6, 6.07) is 6.21. The predicted molar refractivity (Wildman–Crippen MR) is 112 cm³/mol. The molecule has 1 aliphatic rings. The summed E-state index contributed by atoms with van der Waals surface area (Å²) in [6.45, 7) is 7.55. The summed E-state index contributed by atoms with van der Waals surface area (Å²) in [5.41, 5.74) is 4.17. The van der Waals surface area contributed by atoms with E-state index in [1.165, 1.54) is 38.3 Å². The standard InChI is InChI=1S/C21H24N4O2S/c1-14-4-5-16(10-15(14)2)17-12-28-20-19(17)21(27)25(13-22-20)11-18(26)24-8-6-23(3)7-9-24/h4-5,10,12-13H,6-9,11H2,1-3H3/p+1. The van der Waals surface area contributed by atoms with Crippen LogP contribution in [0.2, 0.25) is 0 Å². The maximum Gasteiger partial charge on any atom is 0.263 e. The van der Waals surface area contributed by atoms with Crippen molar-refractivity contribution in [1.82, 2.24) is 14.5 Å². The Bertz CT molecular complexity index is 1090. The maximum absolute atomic E-state index is 13.2. The predicted octanol–water partition coefficient (Wildman–Crippen LogP) is 1.10. The van der Waals surface area contributed by atoms with Crippen LogP contribution in [0.15, 0.2) is 34.7 Å². The molecule has 1 amide bonds. The molecule has 0 radical (unpaired) electrons. The van der Waals surface area contributed by atoms with Gasteiger partial charge in [0.1, 0.15) is 11.4 Å². The quantitative estimate of drug-likeness (QED) is 0.720. The van der Waals surface area contributed by atoms with Crippen LogP contribution in [0.1, 0.15) is 11.1 Å². The van der Waals surface area contributed by atoms with E-state index in [1.807, 2.05) is 16.3 Å². The molecule has 1 fully saturated rings. The molecule has 2 aromatic heterocycles. The molecule has 7 heteroatoms. The van der Waals surface area contributed by atoms with Crippen LogP contribution in [0.4, 0.5) is 0 Å². The third kappa shape index (κ3) is 3.47. The molecule has 1 aromatic carbocycles. The third-order valence-electron chi connectivity index (χ3n) is 5.65. The van der Waals surface area contributed by atoms with Crippen LogP contribution in [-0.4, -0.2) is 53.6 Å². The number of likely N-dealkylation sites (N-methyl/N-ethyl adjacent to an activating group) is 1. The molecular formula is C21H25N4O2S+. The number of rotatable bonds is 3. The highest BCUT2D eigenvalue weighted by atomic mass is 32.1. The number of carbonyl (C=O) groups is 1. The molecule has 3 heterocycles. The lowest BCUT2D eigenvalue weighted by molar-refractivity contribution is -0.883. The van der Waals surface area contributed by atoms with Gasteiger partial charge in [0.2, 0.25) is 5.91 Å². The van der Waals surface area contributed by atoms with Gasteiger partial charge in [0.05, 0.1) is 44.9 Å². The van der Waals surface area contributed by atoms with Crippen molar-refractivity contribution in [3.8, 4) is 11.1 Å². The van der Waals surface area contributed by atoms with Crippen LogP contribution in [0.5, 0.6) is 0 Å². The Balaban J connectivity index is 1.67. The number of nitrogens with zero attached hydrogens (tertiary/aromatic N) is 3. The van der Waals surface area contributed by atoms with E-state index in [-0.39, 0.29) is 18.0 Å². The Morgan fingerprint density at radius 2 is 1.96 bits per heavy atom. The van der Waals surface area contributed by atoms with E-state index in [1.54, 1.807) is 0 Å². The van der Waals surface area contributed by atoms with Gasteiger partial charge in [-0.1, -0.05) is 18.2 Å². The zero-order valence-corrected chi connectivity index (χ0v) is 17.3. The van der Waals surface area contributed by atoms with Crippen molar-refractivity contribution in [2.45, 2.75) is 20.4 Å². The fourth-order valence-corrected chi connectivity index (χ4v) is 4.49. The molecule has 146 valence electrons. The van der Waals surface area contributed by atoms with Gasteiger partial charge in [0, 0.05) is 10.9 Å². The van der Waals surface area contributed by atoms with Gasteiger partial charge in [0.15, 0.2) is 0 Å². The average Bonchev–Trinajstić information content (AvgIpc) is 3.11. The Hall–Kier alpha value is -2.51. The van der Waals surface area contributed by atoms with Crippen LogP contribution in [0.3, 0.4) is 0 Å². The number of benzene rings is 1. The van der Waals surface area contributed by atoms with Crippen LogP contribution < -0.4 is 10.5 Å². The summed E-state index contributed by atoms with van der Waals surface area (Å²) < 4.78 is 1.45. The SMILES string of the molecule is Cc1ccc(-c2csc3ncn(CC(=O)N4CC[NH+](C)CC4)c(=O)c23)cc1C. The van der Waals surface area contributed by atoms with Crippen molar-refractivity contribution in [2.24, 2.45) is 0 Å². The Labute approximate surface area is 168 Å². The molecule has 4 rings (SSSR count). The van der Waals surface area contributed by atoms with Gasteiger partial charge in [-0.2, -0.15) is 0 Å². The molecule has 0 unspecified atom stereocenters. The van der Waals surface area contributed by atoms with Crippen LogP contribution in [-0.2, 0) is 11.3 Å². The van der Waals surface area contributed by atoms with Gasteiger partial charge in [-0.3, -0.25) is 14.2 Å². The second kappa shape index (κ2) is 7.48. The lowest BCUT2D eigenvalue weighted by Gasteiger charge is -2.30. The van der Waals surface area contributed by atoms with Crippen LogP contribution >= 0.6 is 11.3 Å². The fraction of sp³-hybridized carbons (Fsp3) is 0.381. The second-order valence-electron chi connectivity index (χ2n) is 7.64. The number of nitrogens with one attached hydrogen (secondary N) is 1. The van der Waals surface area contributed by atoms with E-state index >= 15 is 0 Å². The van der Waals surface area contributed by atoms with Gasteiger partial charge in [-0.25, -0.2) is 4.98 Å². The Morgan fingerprint density at radius 3 is 2.68 bits per heavy atom. The van der Waals surface area contributed by atoms with Crippen molar-refractivity contribution < 1.29 is 9.69 Å². The number of quaternary nitrogens is 1. The number of hydrogen-bond donors (Lipinski definition) is 1. The summed E-state index contributed by atoms with van der Waals surface area (Å²) in [5, 5.41) is 2.59.